The van der Waals surface area contributed by atoms with Gasteiger partial charge < -0.3 is 10.2 Å². The number of carbonyl (C=O) groups is 1. The molecule has 2 rings (SSSR count). The van der Waals surface area contributed by atoms with Crippen molar-refractivity contribution in [1.82, 2.24) is 10.2 Å². The van der Waals surface area contributed by atoms with E-state index in [1.165, 1.54) is 12.8 Å². The Morgan fingerprint density at radius 2 is 2.11 bits per heavy atom. The standard InChI is InChI=1S/C14H26N2OS2/c1-14(2)5-8-16(9-10-19-14)13(17)11-18-12-3-6-15-7-4-12/h12,15H,3-11H2,1-2H3. The summed E-state index contributed by atoms with van der Waals surface area (Å²) in [7, 11) is 0. The van der Waals surface area contributed by atoms with Crippen LogP contribution >= 0.6 is 23.5 Å². The number of nitrogens with one attached hydrogen (secondary N) is 1. The van der Waals surface area contributed by atoms with Crippen LogP contribution in [0.25, 0.3) is 0 Å². The summed E-state index contributed by atoms with van der Waals surface area (Å²) in [5.41, 5.74) is 0. The van der Waals surface area contributed by atoms with Crippen LogP contribution in [0.5, 0.6) is 0 Å². The van der Waals surface area contributed by atoms with Gasteiger partial charge >= 0.3 is 0 Å². The number of rotatable bonds is 3. The van der Waals surface area contributed by atoms with Gasteiger partial charge in [0.05, 0.1) is 5.75 Å². The summed E-state index contributed by atoms with van der Waals surface area (Å²) in [5, 5.41) is 4.05. The molecule has 2 heterocycles. The zero-order valence-corrected chi connectivity index (χ0v) is 13.7. The van der Waals surface area contributed by atoms with Crippen LogP contribution in [0.2, 0.25) is 0 Å². The largest absolute Gasteiger partial charge is 0.341 e. The molecule has 0 saturated carbocycles. The predicted molar refractivity (Wildman–Crippen MR) is 86.1 cm³/mol. The summed E-state index contributed by atoms with van der Waals surface area (Å²) in [5.74, 6) is 2.11. The molecule has 2 aliphatic rings. The zero-order valence-electron chi connectivity index (χ0n) is 12.1. The molecule has 3 nitrogen and oxygen atoms in total. The molecular weight excluding hydrogens is 276 g/mol. The second kappa shape index (κ2) is 7.23. The van der Waals surface area contributed by atoms with Crippen molar-refractivity contribution in [1.29, 1.82) is 0 Å². The molecule has 0 aliphatic carbocycles. The molecule has 0 radical (unpaired) electrons. The van der Waals surface area contributed by atoms with Crippen LogP contribution in [0.4, 0.5) is 0 Å². The zero-order chi connectivity index (χ0) is 13.7. The first-order chi connectivity index (χ1) is 9.07. The molecule has 5 heteroatoms. The van der Waals surface area contributed by atoms with Crippen molar-refractivity contribution in [2.24, 2.45) is 0 Å². The van der Waals surface area contributed by atoms with Crippen molar-refractivity contribution < 1.29 is 4.79 Å². The van der Waals surface area contributed by atoms with E-state index in [1.54, 1.807) is 0 Å². The van der Waals surface area contributed by atoms with Crippen molar-refractivity contribution in [3.63, 3.8) is 0 Å². The first kappa shape index (κ1) is 15.5. The molecule has 0 atom stereocenters. The fourth-order valence-electron chi connectivity index (χ4n) is 2.51. The summed E-state index contributed by atoms with van der Waals surface area (Å²) < 4.78 is 0.331. The van der Waals surface area contributed by atoms with E-state index in [1.807, 2.05) is 23.5 Å². The van der Waals surface area contributed by atoms with E-state index in [4.69, 9.17) is 0 Å². The molecule has 110 valence electrons. The van der Waals surface area contributed by atoms with E-state index in [-0.39, 0.29) is 0 Å². The molecule has 0 unspecified atom stereocenters. The van der Waals surface area contributed by atoms with Crippen LogP contribution in [0, 0.1) is 0 Å². The van der Waals surface area contributed by atoms with E-state index in [0.717, 1.165) is 38.4 Å². The van der Waals surface area contributed by atoms with Crippen LogP contribution in [0.1, 0.15) is 33.1 Å². The normalized spacial score (nSPS) is 25.1. The lowest BCUT2D eigenvalue weighted by Gasteiger charge is -2.25. The summed E-state index contributed by atoms with van der Waals surface area (Å²) >= 11 is 3.87. The molecule has 2 fully saturated rings. The Labute approximate surface area is 125 Å². The topological polar surface area (TPSA) is 32.3 Å². The van der Waals surface area contributed by atoms with Crippen LogP contribution in [0.3, 0.4) is 0 Å². The molecule has 0 aromatic heterocycles. The van der Waals surface area contributed by atoms with Crippen molar-refractivity contribution in [2.75, 3.05) is 37.7 Å². The number of nitrogens with zero attached hydrogens (tertiary/aromatic N) is 1. The monoisotopic (exact) mass is 302 g/mol. The van der Waals surface area contributed by atoms with E-state index >= 15 is 0 Å². The van der Waals surface area contributed by atoms with Crippen molar-refractivity contribution >= 4 is 29.4 Å². The third-order valence-electron chi connectivity index (χ3n) is 3.92. The molecule has 2 aliphatic heterocycles. The summed E-state index contributed by atoms with van der Waals surface area (Å²) in [4.78, 5) is 14.4. The maximum Gasteiger partial charge on any atom is 0.232 e. The van der Waals surface area contributed by atoms with Crippen molar-refractivity contribution in [3.05, 3.63) is 0 Å². The average Bonchev–Trinajstić information content (AvgIpc) is 2.58. The van der Waals surface area contributed by atoms with Crippen molar-refractivity contribution in [2.45, 2.75) is 43.1 Å². The first-order valence-electron chi connectivity index (χ1n) is 7.31. The highest BCUT2D eigenvalue weighted by atomic mass is 32.2. The summed E-state index contributed by atoms with van der Waals surface area (Å²) in [6.07, 6.45) is 3.53. The Morgan fingerprint density at radius 1 is 1.37 bits per heavy atom. The number of thioether (sulfide) groups is 2. The molecule has 1 amide bonds. The van der Waals surface area contributed by atoms with Gasteiger partial charge in [0, 0.05) is 28.8 Å². The van der Waals surface area contributed by atoms with Gasteiger partial charge in [-0.1, -0.05) is 13.8 Å². The SMILES string of the molecule is CC1(C)CCN(C(=O)CSC2CCNCC2)CCS1. The molecule has 1 N–H and O–H groups in total. The molecule has 19 heavy (non-hydrogen) atoms. The van der Waals surface area contributed by atoms with Gasteiger partial charge in [-0.15, -0.1) is 11.8 Å². The van der Waals surface area contributed by atoms with E-state index < -0.39 is 0 Å². The number of hydrogen-bond acceptors (Lipinski definition) is 4. The lowest BCUT2D eigenvalue weighted by Crippen LogP contribution is -2.36. The smallest absolute Gasteiger partial charge is 0.232 e. The highest BCUT2D eigenvalue weighted by Crippen LogP contribution is 2.31. The minimum absolute atomic E-state index is 0.331. The van der Waals surface area contributed by atoms with Crippen molar-refractivity contribution in [3.8, 4) is 0 Å². The molecule has 2 saturated heterocycles. The predicted octanol–water partition coefficient (Wildman–Crippen LogP) is 2.22. The molecule has 0 bridgehead atoms. The summed E-state index contributed by atoms with van der Waals surface area (Å²) in [6, 6.07) is 0. The van der Waals surface area contributed by atoms with Gasteiger partial charge in [-0.05, 0) is 32.4 Å². The van der Waals surface area contributed by atoms with Gasteiger partial charge in [0.25, 0.3) is 0 Å². The second-order valence-corrected chi connectivity index (χ2v) is 9.09. The molecule has 0 spiro atoms. The van der Waals surface area contributed by atoms with Gasteiger partial charge in [0.2, 0.25) is 5.91 Å². The second-order valence-electron chi connectivity index (χ2n) is 6.00. The average molecular weight is 303 g/mol. The van der Waals surface area contributed by atoms with Gasteiger partial charge in [-0.3, -0.25) is 4.79 Å². The molecular formula is C14H26N2OS2. The maximum absolute atomic E-state index is 12.3. The number of carbonyl (C=O) groups excluding carboxylic acids is 1. The van der Waals surface area contributed by atoms with E-state index in [0.29, 0.717) is 21.7 Å². The molecule has 0 aromatic rings. The third kappa shape index (κ3) is 5.20. The number of amides is 1. The Hall–Kier alpha value is 0.130. The van der Waals surface area contributed by atoms with Gasteiger partial charge in [-0.25, -0.2) is 0 Å². The van der Waals surface area contributed by atoms with Crippen LogP contribution in [-0.2, 0) is 4.79 Å². The highest BCUT2D eigenvalue weighted by molar-refractivity contribution is 8.00. The quantitative estimate of drug-likeness (QED) is 0.866. The van der Waals surface area contributed by atoms with E-state index in [2.05, 4.69) is 24.1 Å². The van der Waals surface area contributed by atoms with E-state index in [9.17, 15) is 4.79 Å². The number of piperidine rings is 1. The first-order valence-corrected chi connectivity index (χ1v) is 9.34. The highest BCUT2D eigenvalue weighted by Gasteiger charge is 2.26. The third-order valence-corrected chi connectivity index (χ3v) is 6.65. The fourth-order valence-corrected chi connectivity index (χ4v) is 4.74. The minimum Gasteiger partial charge on any atom is -0.341 e. The molecule has 0 aromatic carbocycles. The van der Waals surface area contributed by atoms with Gasteiger partial charge in [-0.2, -0.15) is 11.8 Å². The Balaban J connectivity index is 1.73. The Morgan fingerprint density at radius 3 is 2.84 bits per heavy atom. The van der Waals surface area contributed by atoms with Gasteiger partial charge in [0.15, 0.2) is 0 Å². The minimum atomic E-state index is 0.331. The van der Waals surface area contributed by atoms with Gasteiger partial charge in [0.1, 0.15) is 0 Å². The Bertz CT molecular complexity index is 304. The summed E-state index contributed by atoms with van der Waals surface area (Å²) in [6.45, 7) is 8.66. The van der Waals surface area contributed by atoms with Crippen LogP contribution in [-0.4, -0.2) is 58.5 Å². The number of hydrogen-bond donors (Lipinski definition) is 1. The van der Waals surface area contributed by atoms with Crippen LogP contribution < -0.4 is 5.32 Å². The Kier molecular flexibility index (Phi) is 5.90. The van der Waals surface area contributed by atoms with Crippen LogP contribution in [0.15, 0.2) is 0 Å². The maximum atomic E-state index is 12.3. The lowest BCUT2D eigenvalue weighted by atomic mass is 10.1. The lowest BCUT2D eigenvalue weighted by molar-refractivity contribution is -0.128. The fraction of sp³-hybridized carbons (Fsp3) is 0.929.